The summed E-state index contributed by atoms with van der Waals surface area (Å²) < 4.78 is 32.1. The highest BCUT2D eigenvalue weighted by Crippen LogP contribution is 2.20. The molecule has 0 aliphatic carbocycles. The molecule has 0 spiro atoms. The summed E-state index contributed by atoms with van der Waals surface area (Å²) in [6.45, 7) is 2.24. The predicted molar refractivity (Wildman–Crippen MR) is 90.8 cm³/mol. The molecular weight excluding hydrogens is 346 g/mol. The fraction of sp³-hybridized carbons (Fsp3) is 0.235. The number of benzene rings is 2. The molecule has 25 heavy (non-hydrogen) atoms. The maximum atomic E-state index is 12.4. The summed E-state index contributed by atoms with van der Waals surface area (Å²) in [6.07, 6.45) is -1.53. The number of carboxylic acids is 1. The molecule has 0 aliphatic heterocycles. The Balaban J connectivity index is 2.24. The molecule has 0 radical (unpaired) electrons. The summed E-state index contributed by atoms with van der Waals surface area (Å²) in [6, 6.07) is 11.8. The molecular formula is C17H19NO6S. The largest absolute Gasteiger partial charge is 0.494 e. The van der Waals surface area contributed by atoms with E-state index in [2.05, 4.69) is 0 Å². The lowest BCUT2D eigenvalue weighted by molar-refractivity contribution is -0.141. The van der Waals surface area contributed by atoms with Crippen LogP contribution in [0.3, 0.4) is 0 Å². The van der Waals surface area contributed by atoms with Crippen LogP contribution in [0.5, 0.6) is 5.75 Å². The fourth-order valence-electron chi connectivity index (χ4n) is 2.21. The zero-order chi connectivity index (χ0) is 18.4. The van der Waals surface area contributed by atoms with Crippen molar-refractivity contribution in [3.63, 3.8) is 0 Å². The highest BCUT2D eigenvalue weighted by atomic mass is 32.2. The fourth-order valence-corrected chi connectivity index (χ4v) is 3.40. The van der Waals surface area contributed by atoms with Gasteiger partial charge >= 0.3 is 5.97 Å². The van der Waals surface area contributed by atoms with Gasteiger partial charge in [0, 0.05) is 0 Å². The Hall–Kier alpha value is -2.42. The van der Waals surface area contributed by atoms with Crippen LogP contribution in [-0.2, 0) is 14.8 Å². The molecule has 2 aromatic rings. The average molecular weight is 365 g/mol. The number of ether oxygens (including phenoxy) is 1. The van der Waals surface area contributed by atoms with Gasteiger partial charge in [-0.05, 0) is 36.8 Å². The molecule has 2 unspecified atom stereocenters. The molecule has 0 bridgehead atoms. The SMILES string of the molecule is CCOc1ccc(S(=O)(=O)NC(C(=O)O)C(O)c2ccccc2)cc1. The second-order valence-corrected chi connectivity index (χ2v) is 6.91. The van der Waals surface area contributed by atoms with Crippen LogP contribution in [0.4, 0.5) is 0 Å². The minimum atomic E-state index is -4.14. The first-order valence-corrected chi connectivity index (χ1v) is 9.04. The summed E-state index contributed by atoms with van der Waals surface area (Å²) >= 11 is 0. The Morgan fingerprint density at radius 3 is 2.24 bits per heavy atom. The van der Waals surface area contributed by atoms with Gasteiger partial charge in [0.25, 0.3) is 0 Å². The minimum Gasteiger partial charge on any atom is -0.494 e. The van der Waals surface area contributed by atoms with E-state index in [9.17, 15) is 23.4 Å². The third-order valence-corrected chi connectivity index (χ3v) is 4.91. The van der Waals surface area contributed by atoms with Crippen molar-refractivity contribution in [2.24, 2.45) is 0 Å². The number of rotatable bonds is 8. The molecule has 0 amide bonds. The van der Waals surface area contributed by atoms with Gasteiger partial charge in [-0.1, -0.05) is 30.3 Å². The highest BCUT2D eigenvalue weighted by molar-refractivity contribution is 7.89. The van der Waals surface area contributed by atoms with Crippen molar-refractivity contribution in [2.75, 3.05) is 6.61 Å². The van der Waals surface area contributed by atoms with E-state index in [1.165, 1.54) is 36.4 Å². The minimum absolute atomic E-state index is 0.123. The molecule has 2 rings (SSSR count). The summed E-state index contributed by atoms with van der Waals surface area (Å²) in [7, 11) is -4.14. The molecule has 0 fully saturated rings. The van der Waals surface area contributed by atoms with E-state index in [1.807, 2.05) is 4.72 Å². The Labute approximate surface area is 145 Å². The van der Waals surface area contributed by atoms with Gasteiger partial charge in [0.05, 0.1) is 11.5 Å². The zero-order valence-electron chi connectivity index (χ0n) is 13.5. The van der Waals surface area contributed by atoms with Gasteiger partial charge in [-0.25, -0.2) is 8.42 Å². The topological polar surface area (TPSA) is 113 Å². The Morgan fingerprint density at radius 1 is 1.12 bits per heavy atom. The first-order valence-electron chi connectivity index (χ1n) is 7.56. The molecule has 0 saturated heterocycles. The first kappa shape index (κ1) is 18.9. The van der Waals surface area contributed by atoms with Crippen LogP contribution in [0.1, 0.15) is 18.6 Å². The van der Waals surface area contributed by atoms with Crippen LogP contribution >= 0.6 is 0 Å². The number of nitrogens with one attached hydrogen (secondary N) is 1. The van der Waals surface area contributed by atoms with Crippen LogP contribution in [-0.4, -0.2) is 37.2 Å². The highest BCUT2D eigenvalue weighted by Gasteiger charge is 2.32. The number of aliphatic hydroxyl groups is 1. The average Bonchev–Trinajstić information content (AvgIpc) is 2.60. The van der Waals surface area contributed by atoms with Crippen molar-refractivity contribution in [3.05, 3.63) is 60.2 Å². The van der Waals surface area contributed by atoms with Gasteiger partial charge in [-0.15, -0.1) is 0 Å². The lowest BCUT2D eigenvalue weighted by Crippen LogP contribution is -2.44. The molecule has 3 N–H and O–H groups in total. The Kier molecular flexibility index (Phi) is 6.13. The second kappa shape index (κ2) is 8.11. The van der Waals surface area contributed by atoms with Crippen LogP contribution in [0.25, 0.3) is 0 Å². The van der Waals surface area contributed by atoms with Gasteiger partial charge in [0.15, 0.2) is 0 Å². The van der Waals surface area contributed by atoms with Gasteiger partial charge in [0.1, 0.15) is 17.9 Å². The van der Waals surface area contributed by atoms with Crippen molar-refractivity contribution < 1.29 is 28.2 Å². The van der Waals surface area contributed by atoms with E-state index < -0.39 is 28.1 Å². The van der Waals surface area contributed by atoms with E-state index in [0.29, 0.717) is 17.9 Å². The maximum absolute atomic E-state index is 12.4. The van der Waals surface area contributed by atoms with Crippen molar-refractivity contribution >= 4 is 16.0 Å². The van der Waals surface area contributed by atoms with Crippen molar-refractivity contribution in [2.45, 2.75) is 24.0 Å². The number of carboxylic acid groups (broad SMARTS) is 1. The zero-order valence-corrected chi connectivity index (χ0v) is 14.3. The van der Waals surface area contributed by atoms with Gasteiger partial charge in [0.2, 0.25) is 10.0 Å². The third-order valence-electron chi connectivity index (χ3n) is 3.45. The van der Waals surface area contributed by atoms with Gasteiger partial charge in [-0.2, -0.15) is 4.72 Å². The normalized spacial score (nSPS) is 13.8. The number of hydrogen-bond acceptors (Lipinski definition) is 5. The number of aliphatic hydroxyl groups excluding tert-OH is 1. The molecule has 0 heterocycles. The lowest BCUT2D eigenvalue weighted by Gasteiger charge is -2.20. The number of hydrogen-bond donors (Lipinski definition) is 3. The third kappa shape index (κ3) is 4.79. The van der Waals surface area contributed by atoms with Crippen molar-refractivity contribution in [1.29, 1.82) is 0 Å². The van der Waals surface area contributed by atoms with Gasteiger partial charge in [-0.3, -0.25) is 4.79 Å². The summed E-state index contributed by atoms with van der Waals surface area (Å²) in [4.78, 5) is 11.3. The van der Waals surface area contributed by atoms with E-state index in [4.69, 9.17) is 4.74 Å². The molecule has 134 valence electrons. The second-order valence-electron chi connectivity index (χ2n) is 5.20. The maximum Gasteiger partial charge on any atom is 0.324 e. The predicted octanol–water partition coefficient (Wildman–Crippen LogP) is 1.55. The monoisotopic (exact) mass is 365 g/mol. The first-order chi connectivity index (χ1) is 11.8. The standard InChI is InChI=1S/C17H19NO6S/c1-2-24-13-8-10-14(11-9-13)25(22,23)18-15(17(20)21)16(19)12-6-4-3-5-7-12/h3-11,15-16,18-19H,2H2,1H3,(H,20,21). The molecule has 2 atom stereocenters. The molecule has 0 saturated carbocycles. The van der Waals surface area contributed by atoms with E-state index in [-0.39, 0.29) is 4.90 Å². The van der Waals surface area contributed by atoms with Crippen LogP contribution < -0.4 is 9.46 Å². The van der Waals surface area contributed by atoms with E-state index >= 15 is 0 Å². The molecule has 2 aromatic carbocycles. The van der Waals surface area contributed by atoms with Crippen molar-refractivity contribution in [1.82, 2.24) is 4.72 Å². The molecule has 8 heteroatoms. The summed E-state index contributed by atoms with van der Waals surface area (Å²) in [5, 5.41) is 19.6. The Bertz CT molecular complexity index is 805. The van der Waals surface area contributed by atoms with E-state index in [1.54, 1.807) is 25.1 Å². The quantitative estimate of drug-likeness (QED) is 0.654. The molecule has 7 nitrogen and oxygen atoms in total. The van der Waals surface area contributed by atoms with Gasteiger partial charge < -0.3 is 14.9 Å². The van der Waals surface area contributed by atoms with Crippen LogP contribution in [0.15, 0.2) is 59.5 Å². The lowest BCUT2D eigenvalue weighted by atomic mass is 10.0. The number of sulfonamides is 1. The number of carbonyl (C=O) groups is 1. The van der Waals surface area contributed by atoms with E-state index in [0.717, 1.165) is 0 Å². The van der Waals surface area contributed by atoms with Crippen LogP contribution in [0, 0.1) is 0 Å². The molecule has 0 aromatic heterocycles. The smallest absolute Gasteiger partial charge is 0.324 e. The van der Waals surface area contributed by atoms with Crippen LogP contribution in [0.2, 0.25) is 0 Å². The molecule has 0 aliphatic rings. The Morgan fingerprint density at radius 2 is 1.72 bits per heavy atom. The number of aliphatic carboxylic acids is 1. The summed E-state index contributed by atoms with van der Waals surface area (Å²) in [5.74, 6) is -0.980. The van der Waals surface area contributed by atoms with Crippen molar-refractivity contribution in [3.8, 4) is 5.75 Å². The summed E-state index contributed by atoms with van der Waals surface area (Å²) in [5.41, 5.74) is 0.296.